The van der Waals surface area contributed by atoms with Crippen LogP contribution >= 0.6 is 0 Å². The molecule has 2 aliphatic rings. The molecule has 0 spiro atoms. The van der Waals surface area contributed by atoms with Crippen molar-refractivity contribution in [1.29, 1.82) is 0 Å². The van der Waals surface area contributed by atoms with E-state index in [9.17, 15) is 14.4 Å². The van der Waals surface area contributed by atoms with E-state index in [0.29, 0.717) is 11.1 Å². The monoisotopic (exact) mass is 314 g/mol. The van der Waals surface area contributed by atoms with Crippen molar-refractivity contribution in [3.8, 4) is 0 Å². The molecule has 1 fully saturated rings. The molecule has 0 atom stereocenters. The van der Waals surface area contributed by atoms with Crippen molar-refractivity contribution in [3.05, 3.63) is 35.4 Å². The predicted molar refractivity (Wildman–Crippen MR) is 86.1 cm³/mol. The Morgan fingerprint density at radius 3 is 2.13 bits per heavy atom. The molecule has 1 N–H and O–H groups in total. The predicted octanol–water partition coefficient (Wildman–Crippen LogP) is 2.51. The molecule has 23 heavy (non-hydrogen) atoms. The molecule has 1 aromatic carbocycles. The number of carbonyl (C=O) groups excluding carboxylic acids is 3. The highest BCUT2D eigenvalue weighted by Crippen LogP contribution is 2.22. The number of amides is 3. The Balaban J connectivity index is 1.53. The molecule has 1 aliphatic heterocycles. The van der Waals surface area contributed by atoms with Crippen LogP contribution in [0.25, 0.3) is 0 Å². The summed E-state index contributed by atoms with van der Waals surface area (Å²) < 4.78 is 0. The summed E-state index contributed by atoms with van der Waals surface area (Å²) in [6.45, 7) is 0.144. The summed E-state index contributed by atoms with van der Waals surface area (Å²) in [5, 5.41) is 3.05. The minimum Gasteiger partial charge on any atom is -0.353 e. The lowest BCUT2D eigenvalue weighted by Crippen LogP contribution is -2.38. The first-order valence-corrected chi connectivity index (χ1v) is 8.41. The third kappa shape index (κ3) is 3.44. The van der Waals surface area contributed by atoms with Crippen LogP contribution in [0, 0.1) is 0 Å². The van der Waals surface area contributed by atoms with Crippen molar-refractivity contribution in [2.75, 3.05) is 6.54 Å². The van der Waals surface area contributed by atoms with Gasteiger partial charge in [0, 0.05) is 19.0 Å². The van der Waals surface area contributed by atoms with Gasteiger partial charge in [0.15, 0.2) is 0 Å². The van der Waals surface area contributed by atoms with Crippen molar-refractivity contribution in [3.63, 3.8) is 0 Å². The molecule has 3 rings (SSSR count). The molecule has 0 bridgehead atoms. The first-order valence-electron chi connectivity index (χ1n) is 8.41. The first kappa shape index (κ1) is 15.7. The van der Waals surface area contributed by atoms with Crippen LogP contribution in [-0.2, 0) is 4.79 Å². The average molecular weight is 314 g/mol. The quantitative estimate of drug-likeness (QED) is 0.686. The third-order valence-corrected chi connectivity index (χ3v) is 4.66. The van der Waals surface area contributed by atoms with Crippen molar-refractivity contribution >= 4 is 17.7 Å². The normalized spacial score (nSPS) is 18.7. The van der Waals surface area contributed by atoms with Crippen LogP contribution in [0.15, 0.2) is 24.3 Å². The van der Waals surface area contributed by atoms with Crippen LogP contribution in [0.2, 0.25) is 0 Å². The maximum absolute atomic E-state index is 12.2. The standard InChI is InChI=1S/C18H22N2O3/c21-16(19-13-7-3-1-2-4-8-13)11-12-20-17(22)14-9-5-6-10-15(14)18(20)23/h5-6,9-10,13H,1-4,7-8,11-12H2,(H,19,21). The van der Waals surface area contributed by atoms with Gasteiger partial charge in [0.1, 0.15) is 0 Å². The second kappa shape index (κ2) is 6.94. The van der Waals surface area contributed by atoms with E-state index in [2.05, 4.69) is 5.32 Å². The second-order valence-corrected chi connectivity index (χ2v) is 6.31. The second-order valence-electron chi connectivity index (χ2n) is 6.31. The summed E-state index contributed by atoms with van der Waals surface area (Å²) in [5.74, 6) is -0.672. The van der Waals surface area contributed by atoms with Gasteiger partial charge in [-0.2, -0.15) is 0 Å². The largest absolute Gasteiger partial charge is 0.353 e. The van der Waals surface area contributed by atoms with E-state index >= 15 is 0 Å². The van der Waals surface area contributed by atoms with E-state index in [-0.39, 0.29) is 36.7 Å². The lowest BCUT2D eigenvalue weighted by molar-refractivity contribution is -0.121. The van der Waals surface area contributed by atoms with Crippen molar-refractivity contribution in [2.24, 2.45) is 0 Å². The minimum absolute atomic E-state index is 0.0755. The lowest BCUT2D eigenvalue weighted by atomic mass is 10.1. The van der Waals surface area contributed by atoms with E-state index in [1.165, 1.54) is 17.7 Å². The Labute approximate surface area is 136 Å². The van der Waals surface area contributed by atoms with E-state index in [1.54, 1.807) is 24.3 Å². The number of imide groups is 1. The Morgan fingerprint density at radius 1 is 1.00 bits per heavy atom. The number of hydrogen-bond donors (Lipinski definition) is 1. The average Bonchev–Trinajstić information content (AvgIpc) is 2.74. The SMILES string of the molecule is O=C(CCN1C(=O)c2ccccc2C1=O)NC1CCCCCC1. The molecule has 122 valence electrons. The molecular formula is C18H22N2O3. The topological polar surface area (TPSA) is 66.5 Å². The number of nitrogens with zero attached hydrogens (tertiary/aromatic N) is 1. The van der Waals surface area contributed by atoms with Gasteiger partial charge in [0.2, 0.25) is 5.91 Å². The third-order valence-electron chi connectivity index (χ3n) is 4.66. The van der Waals surface area contributed by atoms with Gasteiger partial charge in [-0.15, -0.1) is 0 Å². The summed E-state index contributed by atoms with van der Waals surface area (Å²) in [7, 11) is 0. The maximum atomic E-state index is 12.2. The first-order chi connectivity index (χ1) is 11.2. The fraction of sp³-hybridized carbons (Fsp3) is 0.500. The van der Waals surface area contributed by atoms with E-state index in [1.807, 2.05) is 0 Å². The van der Waals surface area contributed by atoms with Gasteiger partial charge in [-0.3, -0.25) is 19.3 Å². The van der Waals surface area contributed by atoms with Crippen molar-refractivity contribution < 1.29 is 14.4 Å². The zero-order valence-electron chi connectivity index (χ0n) is 13.2. The smallest absolute Gasteiger partial charge is 0.261 e. The molecule has 0 aromatic heterocycles. The molecule has 0 saturated heterocycles. The molecule has 0 unspecified atom stereocenters. The summed E-state index contributed by atoms with van der Waals surface area (Å²) in [6, 6.07) is 7.04. The zero-order valence-corrected chi connectivity index (χ0v) is 13.2. The minimum atomic E-state index is -0.298. The van der Waals surface area contributed by atoms with Crippen LogP contribution < -0.4 is 5.32 Å². The van der Waals surface area contributed by atoms with Crippen molar-refractivity contribution in [1.82, 2.24) is 10.2 Å². The van der Waals surface area contributed by atoms with Crippen LogP contribution in [0.1, 0.15) is 65.7 Å². The lowest BCUT2D eigenvalue weighted by Gasteiger charge is -2.18. The Bertz CT molecular complexity index is 583. The fourth-order valence-electron chi connectivity index (χ4n) is 3.38. The number of benzene rings is 1. The molecule has 1 saturated carbocycles. The molecule has 0 radical (unpaired) electrons. The van der Waals surface area contributed by atoms with Gasteiger partial charge in [-0.05, 0) is 25.0 Å². The number of fused-ring (bicyclic) bond motifs is 1. The molecule has 1 aromatic rings. The maximum Gasteiger partial charge on any atom is 0.261 e. The highest BCUT2D eigenvalue weighted by atomic mass is 16.2. The summed E-state index contributed by atoms with van der Waals surface area (Å²) in [6.07, 6.45) is 7.01. The van der Waals surface area contributed by atoms with Crippen LogP contribution in [0.4, 0.5) is 0 Å². The summed E-state index contributed by atoms with van der Waals surface area (Å²) in [4.78, 5) is 37.7. The van der Waals surface area contributed by atoms with Crippen molar-refractivity contribution in [2.45, 2.75) is 51.0 Å². The zero-order chi connectivity index (χ0) is 16.2. The molecule has 1 heterocycles. The number of rotatable bonds is 4. The fourth-order valence-corrected chi connectivity index (χ4v) is 3.38. The number of nitrogens with one attached hydrogen (secondary N) is 1. The molecule has 5 nitrogen and oxygen atoms in total. The van der Waals surface area contributed by atoms with Crippen LogP contribution in [0.5, 0.6) is 0 Å². The van der Waals surface area contributed by atoms with E-state index in [0.717, 1.165) is 25.7 Å². The van der Waals surface area contributed by atoms with Gasteiger partial charge >= 0.3 is 0 Å². The van der Waals surface area contributed by atoms with Gasteiger partial charge in [0.25, 0.3) is 11.8 Å². The highest BCUT2D eigenvalue weighted by molar-refractivity contribution is 6.21. The van der Waals surface area contributed by atoms with Gasteiger partial charge < -0.3 is 5.32 Å². The summed E-state index contributed by atoms with van der Waals surface area (Å²) in [5.41, 5.74) is 0.864. The van der Waals surface area contributed by atoms with E-state index < -0.39 is 0 Å². The highest BCUT2D eigenvalue weighted by Gasteiger charge is 2.35. The Kier molecular flexibility index (Phi) is 4.74. The molecular weight excluding hydrogens is 292 g/mol. The summed E-state index contributed by atoms with van der Waals surface area (Å²) >= 11 is 0. The van der Waals surface area contributed by atoms with Gasteiger partial charge in [-0.1, -0.05) is 37.8 Å². The van der Waals surface area contributed by atoms with Crippen LogP contribution in [-0.4, -0.2) is 35.2 Å². The Hall–Kier alpha value is -2.17. The number of carbonyl (C=O) groups is 3. The molecule has 1 aliphatic carbocycles. The Morgan fingerprint density at radius 2 is 1.57 bits per heavy atom. The molecule has 3 amide bonds. The van der Waals surface area contributed by atoms with Gasteiger partial charge in [0.05, 0.1) is 11.1 Å². The van der Waals surface area contributed by atoms with Gasteiger partial charge in [-0.25, -0.2) is 0 Å². The molecule has 5 heteroatoms. The number of hydrogen-bond acceptors (Lipinski definition) is 3. The van der Waals surface area contributed by atoms with Crippen LogP contribution in [0.3, 0.4) is 0 Å². The van der Waals surface area contributed by atoms with E-state index in [4.69, 9.17) is 0 Å².